The van der Waals surface area contributed by atoms with Gasteiger partial charge in [-0.05, 0) is 23.8 Å². The average Bonchev–Trinajstić information content (AvgIpc) is 2.75. The standard InChI is InChI=1S/C19H23ClN6O2.HI/c1-21-18(25-5-7-26(8-6-25)19-22-3-2-4-23-19)24-13-14-11-15(20)17-16(12-14)27-9-10-28-17;/h2-4,11-12H,5-10,13H2,1H3,(H,21,24);1H. The van der Waals surface area contributed by atoms with Gasteiger partial charge in [-0.1, -0.05) is 11.6 Å². The fourth-order valence-electron chi connectivity index (χ4n) is 3.35. The molecule has 0 atom stereocenters. The van der Waals surface area contributed by atoms with Crippen molar-refractivity contribution in [1.29, 1.82) is 0 Å². The van der Waals surface area contributed by atoms with E-state index in [0.717, 1.165) is 43.7 Å². The molecule has 1 fully saturated rings. The quantitative estimate of drug-likeness (QED) is 0.371. The summed E-state index contributed by atoms with van der Waals surface area (Å²) in [6.07, 6.45) is 3.54. The van der Waals surface area contributed by atoms with E-state index in [0.29, 0.717) is 36.3 Å². The molecular weight excluding hydrogens is 507 g/mol. The molecule has 10 heteroatoms. The van der Waals surface area contributed by atoms with Crippen LogP contribution >= 0.6 is 35.6 Å². The maximum absolute atomic E-state index is 6.33. The molecule has 0 spiro atoms. The smallest absolute Gasteiger partial charge is 0.225 e. The van der Waals surface area contributed by atoms with Gasteiger partial charge in [0, 0.05) is 52.2 Å². The first-order valence-electron chi connectivity index (χ1n) is 9.30. The largest absolute Gasteiger partial charge is 0.486 e. The third-order valence-electron chi connectivity index (χ3n) is 4.73. The zero-order valence-corrected chi connectivity index (χ0v) is 19.3. The molecule has 0 saturated carbocycles. The zero-order valence-electron chi connectivity index (χ0n) is 16.2. The first kappa shape index (κ1) is 21.7. The Morgan fingerprint density at radius 1 is 1.14 bits per heavy atom. The Morgan fingerprint density at radius 2 is 1.86 bits per heavy atom. The van der Waals surface area contributed by atoms with E-state index in [-0.39, 0.29) is 24.0 Å². The normalized spacial score (nSPS) is 16.3. The van der Waals surface area contributed by atoms with Gasteiger partial charge in [0.1, 0.15) is 13.2 Å². The number of piperazine rings is 1. The molecule has 1 aromatic carbocycles. The van der Waals surface area contributed by atoms with Crippen LogP contribution in [-0.2, 0) is 6.54 Å². The fourth-order valence-corrected chi connectivity index (χ4v) is 3.64. The molecule has 2 aliphatic rings. The summed E-state index contributed by atoms with van der Waals surface area (Å²) >= 11 is 6.33. The lowest BCUT2D eigenvalue weighted by molar-refractivity contribution is 0.171. The molecule has 1 N–H and O–H groups in total. The maximum Gasteiger partial charge on any atom is 0.225 e. The minimum atomic E-state index is 0. The third-order valence-corrected chi connectivity index (χ3v) is 5.01. The molecule has 1 aromatic heterocycles. The first-order valence-corrected chi connectivity index (χ1v) is 9.68. The summed E-state index contributed by atoms with van der Waals surface area (Å²) in [6, 6.07) is 5.70. The minimum Gasteiger partial charge on any atom is -0.486 e. The number of nitrogens with one attached hydrogen (secondary N) is 1. The summed E-state index contributed by atoms with van der Waals surface area (Å²) in [5.74, 6) is 2.96. The van der Waals surface area contributed by atoms with E-state index in [1.807, 2.05) is 18.2 Å². The molecule has 0 aliphatic carbocycles. The van der Waals surface area contributed by atoms with Crippen LogP contribution in [-0.4, -0.2) is 67.3 Å². The Hall–Kier alpha value is -2.01. The predicted octanol–water partition coefficient (Wildman–Crippen LogP) is 2.42. The number of fused-ring (bicyclic) bond motifs is 1. The molecule has 0 unspecified atom stereocenters. The lowest BCUT2D eigenvalue weighted by Crippen LogP contribution is -2.52. The monoisotopic (exact) mass is 530 g/mol. The highest BCUT2D eigenvalue weighted by Gasteiger charge is 2.21. The molecule has 3 heterocycles. The number of hydrogen-bond acceptors (Lipinski definition) is 6. The van der Waals surface area contributed by atoms with E-state index in [1.54, 1.807) is 19.4 Å². The van der Waals surface area contributed by atoms with E-state index in [2.05, 4.69) is 30.1 Å². The number of nitrogens with zero attached hydrogens (tertiary/aromatic N) is 5. The number of anilines is 1. The number of guanidine groups is 1. The van der Waals surface area contributed by atoms with Crippen LogP contribution in [0.3, 0.4) is 0 Å². The highest BCUT2D eigenvalue weighted by Crippen LogP contribution is 2.38. The van der Waals surface area contributed by atoms with E-state index >= 15 is 0 Å². The van der Waals surface area contributed by atoms with Crippen molar-refractivity contribution >= 4 is 47.5 Å². The number of hydrogen-bond donors (Lipinski definition) is 1. The maximum atomic E-state index is 6.33. The molecule has 0 bridgehead atoms. The Labute approximate surface area is 192 Å². The van der Waals surface area contributed by atoms with Crippen molar-refractivity contribution in [2.75, 3.05) is 51.3 Å². The minimum absolute atomic E-state index is 0. The van der Waals surface area contributed by atoms with Crippen LogP contribution in [0.25, 0.3) is 0 Å². The molecule has 8 nitrogen and oxygen atoms in total. The van der Waals surface area contributed by atoms with Crippen molar-refractivity contribution in [3.8, 4) is 11.5 Å². The number of aromatic nitrogens is 2. The van der Waals surface area contributed by atoms with Crippen LogP contribution in [0.5, 0.6) is 11.5 Å². The molecule has 1 saturated heterocycles. The van der Waals surface area contributed by atoms with Crippen molar-refractivity contribution in [2.24, 2.45) is 4.99 Å². The van der Waals surface area contributed by atoms with Gasteiger partial charge in [0.25, 0.3) is 0 Å². The van der Waals surface area contributed by atoms with Crippen LogP contribution in [0.1, 0.15) is 5.56 Å². The van der Waals surface area contributed by atoms with Gasteiger partial charge in [-0.15, -0.1) is 24.0 Å². The summed E-state index contributed by atoms with van der Waals surface area (Å²) in [5.41, 5.74) is 1.02. The van der Waals surface area contributed by atoms with Crippen molar-refractivity contribution in [3.05, 3.63) is 41.2 Å². The van der Waals surface area contributed by atoms with Crippen LogP contribution in [0.15, 0.2) is 35.6 Å². The van der Waals surface area contributed by atoms with E-state index < -0.39 is 0 Å². The molecule has 0 amide bonds. The number of benzene rings is 1. The van der Waals surface area contributed by atoms with Crippen LogP contribution < -0.4 is 19.7 Å². The fraction of sp³-hybridized carbons (Fsp3) is 0.421. The first-order chi connectivity index (χ1) is 13.7. The Morgan fingerprint density at radius 3 is 2.59 bits per heavy atom. The lowest BCUT2D eigenvalue weighted by Gasteiger charge is -2.36. The molecule has 2 aromatic rings. The van der Waals surface area contributed by atoms with Crippen molar-refractivity contribution in [2.45, 2.75) is 6.54 Å². The van der Waals surface area contributed by atoms with Gasteiger partial charge >= 0.3 is 0 Å². The van der Waals surface area contributed by atoms with Gasteiger partial charge in [0.2, 0.25) is 5.95 Å². The molecule has 156 valence electrons. The molecule has 0 radical (unpaired) electrons. The van der Waals surface area contributed by atoms with E-state index in [9.17, 15) is 0 Å². The molecular formula is C19H24ClIN6O2. The van der Waals surface area contributed by atoms with Gasteiger partial charge in [-0.2, -0.15) is 0 Å². The highest BCUT2D eigenvalue weighted by molar-refractivity contribution is 14.0. The summed E-state index contributed by atoms with van der Waals surface area (Å²) in [4.78, 5) is 17.5. The summed E-state index contributed by atoms with van der Waals surface area (Å²) in [6.45, 7) is 5.06. The third kappa shape index (κ3) is 5.13. The van der Waals surface area contributed by atoms with Gasteiger partial charge in [0.15, 0.2) is 17.5 Å². The van der Waals surface area contributed by atoms with E-state index in [1.165, 1.54) is 0 Å². The second-order valence-corrected chi connectivity index (χ2v) is 6.93. The summed E-state index contributed by atoms with van der Waals surface area (Å²) < 4.78 is 11.2. The van der Waals surface area contributed by atoms with E-state index in [4.69, 9.17) is 21.1 Å². The second-order valence-electron chi connectivity index (χ2n) is 6.53. The topological polar surface area (TPSA) is 75.1 Å². The molecule has 29 heavy (non-hydrogen) atoms. The van der Waals surface area contributed by atoms with Gasteiger partial charge in [0.05, 0.1) is 5.02 Å². The van der Waals surface area contributed by atoms with Crippen LogP contribution in [0, 0.1) is 0 Å². The average molecular weight is 531 g/mol. The Bertz CT molecular complexity index is 846. The number of rotatable bonds is 3. The van der Waals surface area contributed by atoms with Crippen LogP contribution in [0.4, 0.5) is 5.95 Å². The Kier molecular flexibility index (Phi) is 7.59. The summed E-state index contributed by atoms with van der Waals surface area (Å²) in [5, 5.41) is 3.99. The van der Waals surface area contributed by atoms with Crippen molar-refractivity contribution in [1.82, 2.24) is 20.2 Å². The SMILES string of the molecule is CN=C(NCc1cc(Cl)c2c(c1)OCCO2)N1CCN(c2ncccn2)CC1.I. The number of aliphatic imine (C=N–C) groups is 1. The van der Waals surface area contributed by atoms with Gasteiger partial charge < -0.3 is 24.6 Å². The summed E-state index contributed by atoms with van der Waals surface area (Å²) in [7, 11) is 1.80. The Balaban J connectivity index is 0.00000240. The zero-order chi connectivity index (χ0) is 19.3. The van der Waals surface area contributed by atoms with Crippen molar-refractivity contribution in [3.63, 3.8) is 0 Å². The lowest BCUT2D eigenvalue weighted by atomic mass is 10.2. The van der Waals surface area contributed by atoms with Gasteiger partial charge in [-0.25, -0.2) is 9.97 Å². The number of ether oxygens (including phenoxy) is 2. The van der Waals surface area contributed by atoms with Crippen LogP contribution in [0.2, 0.25) is 5.02 Å². The highest BCUT2D eigenvalue weighted by atomic mass is 127. The molecule has 4 rings (SSSR count). The predicted molar refractivity (Wildman–Crippen MR) is 124 cm³/mol. The molecule has 2 aliphatic heterocycles. The second kappa shape index (κ2) is 10.1. The van der Waals surface area contributed by atoms with Crippen molar-refractivity contribution < 1.29 is 9.47 Å². The number of halogens is 2. The van der Waals surface area contributed by atoms with Gasteiger partial charge in [-0.3, -0.25) is 4.99 Å².